The van der Waals surface area contributed by atoms with Gasteiger partial charge in [-0.05, 0) is 12.1 Å². The Bertz CT molecular complexity index is 647. The van der Waals surface area contributed by atoms with Gasteiger partial charge >= 0.3 is 0 Å². The lowest BCUT2D eigenvalue weighted by atomic mass is 10.2. The molecular formula is C14H12N4. The van der Waals surface area contributed by atoms with Crippen molar-refractivity contribution in [3.63, 3.8) is 0 Å². The highest BCUT2D eigenvalue weighted by atomic mass is 14.9. The molecule has 2 heterocycles. The van der Waals surface area contributed by atoms with Crippen LogP contribution in [0.2, 0.25) is 0 Å². The monoisotopic (exact) mass is 236 g/mol. The molecule has 0 aliphatic carbocycles. The summed E-state index contributed by atoms with van der Waals surface area (Å²) in [6.45, 7) is 0.691. The van der Waals surface area contributed by atoms with E-state index in [2.05, 4.69) is 32.4 Å². The zero-order valence-electron chi connectivity index (χ0n) is 9.74. The van der Waals surface area contributed by atoms with Crippen LogP contribution >= 0.6 is 0 Å². The summed E-state index contributed by atoms with van der Waals surface area (Å²) >= 11 is 0. The van der Waals surface area contributed by atoms with Gasteiger partial charge in [-0.25, -0.2) is 9.97 Å². The maximum atomic E-state index is 4.40. The van der Waals surface area contributed by atoms with Gasteiger partial charge in [0.1, 0.15) is 6.33 Å². The Morgan fingerprint density at radius 1 is 1.00 bits per heavy atom. The Balaban J connectivity index is 1.87. The number of benzene rings is 1. The van der Waals surface area contributed by atoms with Crippen LogP contribution in [0.25, 0.3) is 10.9 Å². The first kappa shape index (κ1) is 10.7. The molecular weight excluding hydrogens is 224 g/mol. The lowest BCUT2D eigenvalue weighted by Crippen LogP contribution is -2.01. The Morgan fingerprint density at radius 2 is 1.83 bits per heavy atom. The predicted octanol–water partition coefficient (Wildman–Crippen LogP) is 2.64. The highest BCUT2D eigenvalue weighted by molar-refractivity contribution is 5.90. The van der Waals surface area contributed by atoms with E-state index in [9.17, 15) is 0 Å². The van der Waals surface area contributed by atoms with Gasteiger partial charge < -0.3 is 5.32 Å². The molecule has 3 rings (SSSR count). The minimum absolute atomic E-state index is 0.691. The molecule has 18 heavy (non-hydrogen) atoms. The number of pyridine rings is 1. The van der Waals surface area contributed by atoms with Crippen molar-refractivity contribution in [3.05, 3.63) is 60.8 Å². The molecule has 0 atom stereocenters. The normalized spacial score (nSPS) is 10.4. The molecule has 3 aromatic rings. The average Bonchev–Trinajstić information content (AvgIpc) is 2.46. The maximum absolute atomic E-state index is 4.40. The molecule has 0 fully saturated rings. The molecule has 4 heteroatoms. The fraction of sp³-hybridized carbons (Fsp3) is 0.0714. The third-order valence-corrected chi connectivity index (χ3v) is 2.73. The van der Waals surface area contributed by atoms with Crippen LogP contribution in [0.1, 0.15) is 5.56 Å². The summed E-state index contributed by atoms with van der Waals surface area (Å²) in [5.41, 5.74) is 3.05. The van der Waals surface area contributed by atoms with Crippen LogP contribution in [0.5, 0.6) is 0 Å². The minimum atomic E-state index is 0.691. The predicted molar refractivity (Wildman–Crippen MR) is 71.1 cm³/mol. The Kier molecular flexibility index (Phi) is 2.84. The SMILES string of the molecule is c1cnc2c(NCc3cncnc3)cccc2c1. The summed E-state index contributed by atoms with van der Waals surface area (Å²) in [6.07, 6.45) is 6.94. The van der Waals surface area contributed by atoms with E-state index in [4.69, 9.17) is 0 Å². The van der Waals surface area contributed by atoms with Gasteiger partial charge in [0.25, 0.3) is 0 Å². The third kappa shape index (κ3) is 2.13. The van der Waals surface area contributed by atoms with Gasteiger partial charge in [0, 0.05) is 36.1 Å². The molecule has 0 aliphatic rings. The highest BCUT2D eigenvalue weighted by Crippen LogP contribution is 2.20. The minimum Gasteiger partial charge on any atom is -0.379 e. The standard InChI is InChI=1S/C14H12N4/c1-3-12-4-2-6-17-14(12)13(5-1)18-9-11-7-15-10-16-8-11/h1-8,10,18H,9H2. The lowest BCUT2D eigenvalue weighted by Gasteiger charge is -2.08. The summed E-state index contributed by atoms with van der Waals surface area (Å²) in [7, 11) is 0. The number of rotatable bonds is 3. The Labute approximate surface area is 105 Å². The van der Waals surface area contributed by atoms with Crippen molar-refractivity contribution in [3.8, 4) is 0 Å². The summed E-state index contributed by atoms with van der Waals surface area (Å²) in [5, 5.41) is 4.49. The molecule has 0 spiro atoms. The van der Waals surface area contributed by atoms with Gasteiger partial charge in [-0.2, -0.15) is 0 Å². The van der Waals surface area contributed by atoms with Crippen LogP contribution in [0, 0.1) is 0 Å². The molecule has 0 bridgehead atoms. The van der Waals surface area contributed by atoms with Crippen LogP contribution in [0.4, 0.5) is 5.69 Å². The topological polar surface area (TPSA) is 50.7 Å². The number of nitrogens with one attached hydrogen (secondary N) is 1. The molecule has 0 radical (unpaired) electrons. The lowest BCUT2D eigenvalue weighted by molar-refractivity contribution is 1.05. The van der Waals surface area contributed by atoms with E-state index in [-0.39, 0.29) is 0 Å². The second-order valence-electron chi connectivity index (χ2n) is 3.98. The van der Waals surface area contributed by atoms with Crippen molar-refractivity contribution in [2.24, 2.45) is 0 Å². The van der Waals surface area contributed by atoms with E-state index in [0.717, 1.165) is 22.2 Å². The maximum Gasteiger partial charge on any atom is 0.115 e. The number of nitrogens with zero attached hydrogens (tertiary/aromatic N) is 3. The van der Waals surface area contributed by atoms with Crippen LogP contribution in [0.3, 0.4) is 0 Å². The molecule has 0 saturated heterocycles. The fourth-order valence-corrected chi connectivity index (χ4v) is 1.87. The zero-order valence-corrected chi connectivity index (χ0v) is 9.74. The van der Waals surface area contributed by atoms with Crippen molar-refractivity contribution < 1.29 is 0 Å². The molecule has 0 amide bonds. The number of hydrogen-bond donors (Lipinski definition) is 1. The summed E-state index contributed by atoms with van der Waals surface area (Å²) in [5.74, 6) is 0. The van der Waals surface area contributed by atoms with E-state index in [1.807, 2.05) is 18.2 Å². The molecule has 4 nitrogen and oxygen atoms in total. The molecule has 88 valence electrons. The number of para-hydroxylation sites is 1. The largest absolute Gasteiger partial charge is 0.379 e. The second-order valence-corrected chi connectivity index (χ2v) is 3.98. The van der Waals surface area contributed by atoms with Crippen LogP contribution in [-0.2, 0) is 6.54 Å². The van der Waals surface area contributed by atoms with Crippen molar-refractivity contribution >= 4 is 16.6 Å². The van der Waals surface area contributed by atoms with Crippen molar-refractivity contribution in [2.45, 2.75) is 6.54 Å². The van der Waals surface area contributed by atoms with Gasteiger partial charge in [-0.3, -0.25) is 4.98 Å². The quantitative estimate of drug-likeness (QED) is 0.759. The third-order valence-electron chi connectivity index (χ3n) is 2.73. The van der Waals surface area contributed by atoms with Crippen molar-refractivity contribution in [1.82, 2.24) is 15.0 Å². The summed E-state index contributed by atoms with van der Waals surface area (Å²) in [6, 6.07) is 10.1. The van der Waals surface area contributed by atoms with E-state index < -0.39 is 0 Å². The molecule has 1 aromatic carbocycles. The fourth-order valence-electron chi connectivity index (χ4n) is 1.87. The average molecular weight is 236 g/mol. The first-order valence-corrected chi connectivity index (χ1v) is 5.75. The number of fused-ring (bicyclic) bond motifs is 1. The van der Waals surface area contributed by atoms with E-state index in [0.29, 0.717) is 6.54 Å². The van der Waals surface area contributed by atoms with Crippen molar-refractivity contribution in [1.29, 1.82) is 0 Å². The van der Waals surface area contributed by atoms with Crippen LogP contribution < -0.4 is 5.32 Å². The van der Waals surface area contributed by atoms with Gasteiger partial charge in [0.2, 0.25) is 0 Å². The molecule has 1 N–H and O–H groups in total. The first-order valence-electron chi connectivity index (χ1n) is 5.75. The molecule has 0 aliphatic heterocycles. The Morgan fingerprint density at radius 3 is 2.72 bits per heavy atom. The van der Waals surface area contributed by atoms with Crippen molar-refractivity contribution in [2.75, 3.05) is 5.32 Å². The van der Waals surface area contributed by atoms with E-state index >= 15 is 0 Å². The number of anilines is 1. The van der Waals surface area contributed by atoms with Gasteiger partial charge in [0.15, 0.2) is 0 Å². The van der Waals surface area contributed by atoms with E-state index in [1.165, 1.54) is 6.33 Å². The van der Waals surface area contributed by atoms with Crippen LogP contribution in [0.15, 0.2) is 55.2 Å². The zero-order chi connectivity index (χ0) is 12.2. The Hall–Kier alpha value is -2.49. The highest BCUT2D eigenvalue weighted by Gasteiger charge is 2.01. The number of hydrogen-bond acceptors (Lipinski definition) is 4. The number of aromatic nitrogens is 3. The van der Waals surface area contributed by atoms with Gasteiger partial charge in [-0.1, -0.05) is 18.2 Å². The van der Waals surface area contributed by atoms with E-state index in [1.54, 1.807) is 18.6 Å². The first-order chi connectivity index (χ1) is 8.93. The summed E-state index contributed by atoms with van der Waals surface area (Å²) < 4.78 is 0. The van der Waals surface area contributed by atoms with Gasteiger partial charge in [-0.15, -0.1) is 0 Å². The molecule has 0 saturated carbocycles. The summed E-state index contributed by atoms with van der Waals surface area (Å²) in [4.78, 5) is 12.4. The second kappa shape index (κ2) is 4.79. The van der Waals surface area contributed by atoms with Gasteiger partial charge in [0.05, 0.1) is 11.2 Å². The molecule has 2 aromatic heterocycles. The molecule has 0 unspecified atom stereocenters. The smallest absolute Gasteiger partial charge is 0.115 e. The van der Waals surface area contributed by atoms with Crippen LogP contribution in [-0.4, -0.2) is 15.0 Å².